The highest BCUT2D eigenvalue weighted by Gasteiger charge is 2.28. The van der Waals surface area contributed by atoms with Crippen molar-refractivity contribution in [3.05, 3.63) is 24.3 Å². The molecule has 2 heterocycles. The van der Waals surface area contributed by atoms with Gasteiger partial charge in [-0.3, -0.25) is 4.79 Å². The molecule has 3 rings (SSSR count). The van der Waals surface area contributed by atoms with Crippen LogP contribution in [0.25, 0.3) is 0 Å². The lowest BCUT2D eigenvalue weighted by Gasteiger charge is -2.37. The number of alkyl halides is 2. The molecule has 2 aliphatic rings. The summed E-state index contributed by atoms with van der Waals surface area (Å²) in [5, 5.41) is 0. The van der Waals surface area contributed by atoms with Gasteiger partial charge in [-0.05, 0) is 55.9 Å². The van der Waals surface area contributed by atoms with Crippen LogP contribution in [0.2, 0.25) is 0 Å². The number of amides is 1. The Balaban J connectivity index is 1.55. The van der Waals surface area contributed by atoms with E-state index in [1.54, 1.807) is 12.1 Å². The van der Waals surface area contributed by atoms with E-state index in [-0.39, 0.29) is 10.8 Å². The van der Waals surface area contributed by atoms with Crippen LogP contribution in [0.3, 0.4) is 0 Å². The van der Waals surface area contributed by atoms with E-state index in [4.69, 9.17) is 0 Å². The molecule has 26 heavy (non-hydrogen) atoms. The van der Waals surface area contributed by atoms with Crippen molar-refractivity contribution in [2.75, 3.05) is 31.1 Å². The summed E-state index contributed by atoms with van der Waals surface area (Å²) in [4.78, 5) is 15.7. The minimum atomic E-state index is -4.54. The van der Waals surface area contributed by atoms with Gasteiger partial charge in [-0.1, -0.05) is 0 Å². The van der Waals surface area contributed by atoms with E-state index in [9.17, 15) is 22.0 Å². The first-order chi connectivity index (χ1) is 12.4. The second kappa shape index (κ2) is 7.90. The Morgan fingerprint density at radius 3 is 2.27 bits per heavy atom. The minimum absolute atomic E-state index is 0.259. The van der Waals surface area contributed by atoms with Crippen LogP contribution in [0.4, 0.5) is 14.5 Å². The average Bonchev–Trinajstić information content (AvgIpc) is 2.64. The molecule has 0 spiro atoms. The molecule has 0 saturated carbocycles. The van der Waals surface area contributed by atoms with Crippen molar-refractivity contribution in [2.24, 2.45) is 5.92 Å². The molecule has 1 aromatic rings. The number of halogens is 2. The lowest BCUT2D eigenvalue weighted by molar-refractivity contribution is -0.134. The van der Waals surface area contributed by atoms with Gasteiger partial charge < -0.3 is 9.80 Å². The third kappa shape index (κ3) is 4.16. The molecule has 1 aromatic carbocycles. The molecular formula is C18H24F2N2O3S. The number of likely N-dealkylation sites (tertiary alicyclic amines) is 1. The van der Waals surface area contributed by atoms with Gasteiger partial charge in [-0.15, -0.1) is 0 Å². The molecule has 0 unspecified atom stereocenters. The summed E-state index contributed by atoms with van der Waals surface area (Å²) < 4.78 is 48.1. The maximum absolute atomic E-state index is 12.6. The normalized spacial score (nSPS) is 20.0. The monoisotopic (exact) mass is 386 g/mol. The number of benzene rings is 1. The topological polar surface area (TPSA) is 57.7 Å². The second-order valence-corrected chi connectivity index (χ2v) is 8.94. The largest absolute Gasteiger partial charge is 0.372 e. The Hall–Kier alpha value is -1.70. The van der Waals surface area contributed by atoms with E-state index in [0.717, 1.165) is 57.5 Å². The molecule has 8 heteroatoms. The highest BCUT2D eigenvalue weighted by Crippen LogP contribution is 2.27. The van der Waals surface area contributed by atoms with Gasteiger partial charge in [0.05, 0.1) is 4.90 Å². The van der Waals surface area contributed by atoms with Crippen LogP contribution in [-0.2, 0) is 14.6 Å². The van der Waals surface area contributed by atoms with Crippen molar-refractivity contribution in [1.29, 1.82) is 0 Å². The number of hydrogen-bond acceptors (Lipinski definition) is 4. The Kier molecular flexibility index (Phi) is 5.79. The molecule has 0 atom stereocenters. The third-order valence-electron chi connectivity index (χ3n) is 5.28. The van der Waals surface area contributed by atoms with Crippen molar-refractivity contribution in [1.82, 2.24) is 4.90 Å². The van der Waals surface area contributed by atoms with Crippen LogP contribution in [0.1, 0.15) is 32.1 Å². The van der Waals surface area contributed by atoms with Gasteiger partial charge in [-0.25, -0.2) is 8.42 Å². The summed E-state index contributed by atoms with van der Waals surface area (Å²) in [6.07, 6.45) is 4.65. The molecule has 1 amide bonds. The maximum Gasteiger partial charge on any atom is 0.341 e. The molecule has 0 N–H and O–H groups in total. The van der Waals surface area contributed by atoms with Crippen molar-refractivity contribution >= 4 is 21.4 Å². The molecule has 0 bridgehead atoms. The van der Waals surface area contributed by atoms with Crippen molar-refractivity contribution in [3.8, 4) is 0 Å². The fourth-order valence-corrected chi connectivity index (χ4v) is 4.41. The van der Waals surface area contributed by atoms with Gasteiger partial charge in [0.2, 0.25) is 15.7 Å². The Morgan fingerprint density at radius 2 is 1.69 bits per heavy atom. The van der Waals surface area contributed by atoms with Crippen LogP contribution in [0.5, 0.6) is 0 Å². The number of hydrogen-bond donors (Lipinski definition) is 0. The lowest BCUT2D eigenvalue weighted by atomic mass is 9.95. The molecule has 0 aromatic heterocycles. The van der Waals surface area contributed by atoms with Gasteiger partial charge in [0.25, 0.3) is 0 Å². The third-order valence-corrected chi connectivity index (χ3v) is 6.68. The van der Waals surface area contributed by atoms with E-state index in [2.05, 4.69) is 4.90 Å². The van der Waals surface area contributed by atoms with Crippen LogP contribution in [0, 0.1) is 5.92 Å². The van der Waals surface area contributed by atoms with Crippen molar-refractivity contribution in [2.45, 2.75) is 42.8 Å². The standard InChI is InChI=1S/C18H24F2N2O3S/c19-18(20)26(24,25)16-6-4-15(5-7-16)21-11-8-14(9-12-21)13-22-10-2-1-3-17(22)23/h4-7,14,18H,1-3,8-13H2. The van der Waals surface area contributed by atoms with Gasteiger partial charge in [0.1, 0.15) is 0 Å². The van der Waals surface area contributed by atoms with E-state index in [1.165, 1.54) is 12.1 Å². The summed E-state index contributed by atoms with van der Waals surface area (Å²) in [6, 6.07) is 5.66. The smallest absolute Gasteiger partial charge is 0.341 e. The molecule has 2 saturated heterocycles. The van der Waals surface area contributed by atoms with Crippen LogP contribution < -0.4 is 4.90 Å². The number of piperidine rings is 2. The van der Waals surface area contributed by atoms with Crippen LogP contribution >= 0.6 is 0 Å². The number of sulfone groups is 1. The quantitative estimate of drug-likeness (QED) is 0.781. The predicted octanol–water partition coefficient (Wildman–Crippen LogP) is 2.91. The number of carbonyl (C=O) groups excluding carboxylic acids is 1. The van der Waals surface area contributed by atoms with E-state index >= 15 is 0 Å². The van der Waals surface area contributed by atoms with Crippen LogP contribution in [-0.4, -0.2) is 51.2 Å². The first kappa shape index (κ1) is 19.1. The average molecular weight is 386 g/mol. The zero-order chi connectivity index (χ0) is 18.7. The number of rotatable bonds is 5. The first-order valence-electron chi connectivity index (χ1n) is 9.03. The molecule has 2 fully saturated rings. The van der Waals surface area contributed by atoms with Crippen molar-refractivity contribution in [3.63, 3.8) is 0 Å². The summed E-state index contributed by atoms with van der Waals surface area (Å²) in [5.74, 6) is -2.66. The van der Waals surface area contributed by atoms with Gasteiger partial charge >= 0.3 is 5.76 Å². The summed E-state index contributed by atoms with van der Waals surface area (Å²) in [5.41, 5.74) is 0.839. The van der Waals surface area contributed by atoms with E-state index in [0.29, 0.717) is 12.3 Å². The predicted molar refractivity (Wildman–Crippen MR) is 95.0 cm³/mol. The zero-order valence-electron chi connectivity index (χ0n) is 14.6. The minimum Gasteiger partial charge on any atom is -0.372 e. The summed E-state index contributed by atoms with van der Waals surface area (Å²) in [6.45, 7) is 3.30. The second-order valence-electron chi connectivity index (χ2n) is 7.03. The van der Waals surface area contributed by atoms with Crippen LogP contribution in [0.15, 0.2) is 29.2 Å². The molecule has 144 valence electrons. The molecule has 5 nitrogen and oxygen atoms in total. The van der Waals surface area contributed by atoms with E-state index < -0.39 is 15.6 Å². The number of anilines is 1. The molecule has 2 aliphatic heterocycles. The summed E-state index contributed by atoms with van der Waals surface area (Å²) in [7, 11) is -4.54. The fraction of sp³-hybridized carbons (Fsp3) is 0.611. The molecular weight excluding hydrogens is 362 g/mol. The summed E-state index contributed by atoms with van der Waals surface area (Å²) >= 11 is 0. The zero-order valence-corrected chi connectivity index (χ0v) is 15.4. The fourth-order valence-electron chi connectivity index (χ4n) is 3.69. The molecule has 0 aliphatic carbocycles. The number of carbonyl (C=O) groups is 1. The Morgan fingerprint density at radius 1 is 1.04 bits per heavy atom. The number of nitrogens with zero attached hydrogens (tertiary/aromatic N) is 2. The SMILES string of the molecule is O=C1CCCCN1CC1CCN(c2ccc(S(=O)(=O)C(F)F)cc2)CC1. The first-order valence-corrected chi connectivity index (χ1v) is 10.6. The van der Waals surface area contributed by atoms with Gasteiger partial charge in [0, 0.05) is 38.3 Å². The van der Waals surface area contributed by atoms with Gasteiger partial charge in [-0.2, -0.15) is 8.78 Å². The molecule has 0 radical (unpaired) electrons. The maximum atomic E-state index is 12.6. The Labute approximate surface area is 152 Å². The lowest BCUT2D eigenvalue weighted by Crippen LogP contribution is -2.42. The Bertz CT molecular complexity index is 729. The highest BCUT2D eigenvalue weighted by atomic mass is 32.2. The highest BCUT2D eigenvalue weighted by molar-refractivity contribution is 7.91. The van der Waals surface area contributed by atoms with Gasteiger partial charge in [0.15, 0.2) is 0 Å². The van der Waals surface area contributed by atoms with E-state index in [1.807, 2.05) is 4.90 Å². The van der Waals surface area contributed by atoms with Crippen molar-refractivity contribution < 1.29 is 22.0 Å².